The summed E-state index contributed by atoms with van der Waals surface area (Å²) >= 11 is 0. The predicted molar refractivity (Wildman–Crippen MR) is 111 cm³/mol. The average molecular weight is 383 g/mol. The molecule has 2 heterocycles. The normalized spacial score (nSPS) is 21.2. The SMILES string of the molecule is CCN(CC)C(=O)[C@@H]1C=C2c3c(OC)c(OC)cc4[nH]cc(c34)C[C@H]2N(C)C1. The number of hydrogen-bond acceptors (Lipinski definition) is 4. The van der Waals surface area contributed by atoms with E-state index in [1.807, 2.05) is 24.8 Å². The van der Waals surface area contributed by atoms with Crippen LogP contribution >= 0.6 is 0 Å². The number of carbonyl (C=O) groups is 1. The Morgan fingerprint density at radius 2 is 2.04 bits per heavy atom. The van der Waals surface area contributed by atoms with Gasteiger partial charge in [0.2, 0.25) is 5.91 Å². The quantitative estimate of drug-likeness (QED) is 0.863. The molecule has 1 aliphatic heterocycles. The van der Waals surface area contributed by atoms with E-state index in [1.165, 1.54) is 16.5 Å². The lowest BCUT2D eigenvalue weighted by atomic mass is 9.79. The Balaban J connectivity index is 1.91. The summed E-state index contributed by atoms with van der Waals surface area (Å²) in [5.41, 5.74) is 4.57. The summed E-state index contributed by atoms with van der Waals surface area (Å²) in [7, 11) is 5.46. The second kappa shape index (κ2) is 7.17. The third-order valence-electron chi connectivity index (χ3n) is 6.24. The van der Waals surface area contributed by atoms with Crippen LogP contribution in [0.4, 0.5) is 0 Å². The zero-order valence-corrected chi connectivity index (χ0v) is 17.3. The van der Waals surface area contributed by atoms with Crippen LogP contribution in [0.3, 0.4) is 0 Å². The van der Waals surface area contributed by atoms with Crippen LogP contribution in [0, 0.1) is 5.92 Å². The fourth-order valence-electron chi connectivity index (χ4n) is 4.81. The van der Waals surface area contributed by atoms with Crippen LogP contribution in [0.2, 0.25) is 0 Å². The average Bonchev–Trinajstić information content (AvgIpc) is 3.12. The third-order valence-corrected chi connectivity index (χ3v) is 6.24. The van der Waals surface area contributed by atoms with Crippen LogP contribution in [0.5, 0.6) is 11.5 Å². The molecule has 1 aliphatic carbocycles. The number of nitrogens with one attached hydrogen (secondary N) is 1. The van der Waals surface area contributed by atoms with E-state index in [0.717, 1.165) is 42.9 Å². The van der Waals surface area contributed by atoms with E-state index in [0.29, 0.717) is 5.75 Å². The number of fused-ring (bicyclic) bond motifs is 2. The van der Waals surface area contributed by atoms with E-state index >= 15 is 0 Å². The number of nitrogens with zero attached hydrogens (tertiary/aromatic N) is 2. The van der Waals surface area contributed by atoms with Crippen LogP contribution in [-0.2, 0) is 11.2 Å². The Hall–Kier alpha value is -2.47. The number of ether oxygens (including phenoxy) is 2. The van der Waals surface area contributed by atoms with Crippen LogP contribution < -0.4 is 9.47 Å². The molecular weight excluding hydrogens is 354 g/mol. The number of rotatable bonds is 5. The first kappa shape index (κ1) is 18.9. The molecule has 6 heteroatoms. The van der Waals surface area contributed by atoms with Crippen molar-refractivity contribution in [2.75, 3.05) is 40.9 Å². The molecule has 28 heavy (non-hydrogen) atoms. The molecule has 1 aromatic carbocycles. The highest BCUT2D eigenvalue weighted by Crippen LogP contribution is 2.48. The van der Waals surface area contributed by atoms with Crippen LogP contribution in [0.1, 0.15) is 25.0 Å². The van der Waals surface area contributed by atoms with E-state index < -0.39 is 0 Å². The van der Waals surface area contributed by atoms with Gasteiger partial charge in [-0.2, -0.15) is 0 Å². The van der Waals surface area contributed by atoms with E-state index in [-0.39, 0.29) is 17.9 Å². The second-order valence-corrected chi connectivity index (χ2v) is 7.62. The minimum absolute atomic E-state index is 0.150. The van der Waals surface area contributed by atoms with Gasteiger partial charge in [-0.3, -0.25) is 9.69 Å². The summed E-state index contributed by atoms with van der Waals surface area (Å²) in [5.74, 6) is 1.50. The fraction of sp³-hybridized carbons (Fsp3) is 0.500. The van der Waals surface area contributed by atoms with Crippen molar-refractivity contribution in [3.63, 3.8) is 0 Å². The first-order valence-corrected chi connectivity index (χ1v) is 9.99. The van der Waals surface area contributed by atoms with Crippen molar-refractivity contribution in [3.8, 4) is 11.5 Å². The van der Waals surface area contributed by atoms with Crippen molar-refractivity contribution in [2.45, 2.75) is 26.3 Å². The van der Waals surface area contributed by atoms with Crippen molar-refractivity contribution >= 4 is 22.4 Å². The molecule has 2 aliphatic rings. The smallest absolute Gasteiger partial charge is 0.230 e. The Morgan fingerprint density at radius 1 is 1.29 bits per heavy atom. The van der Waals surface area contributed by atoms with Gasteiger partial charge in [0.05, 0.1) is 25.7 Å². The zero-order chi connectivity index (χ0) is 20.0. The van der Waals surface area contributed by atoms with Gasteiger partial charge in [-0.25, -0.2) is 0 Å². The molecule has 1 aromatic heterocycles. The molecule has 2 atom stereocenters. The summed E-state index contributed by atoms with van der Waals surface area (Å²) in [6.07, 6.45) is 5.19. The minimum atomic E-state index is -0.150. The minimum Gasteiger partial charge on any atom is -0.493 e. The zero-order valence-electron chi connectivity index (χ0n) is 17.3. The third kappa shape index (κ3) is 2.70. The fourth-order valence-corrected chi connectivity index (χ4v) is 4.81. The lowest BCUT2D eigenvalue weighted by Gasteiger charge is -2.40. The van der Waals surface area contributed by atoms with E-state index in [9.17, 15) is 4.79 Å². The van der Waals surface area contributed by atoms with Gasteiger partial charge < -0.3 is 19.4 Å². The predicted octanol–water partition coefficient (Wildman–Crippen LogP) is 2.92. The Bertz CT molecular complexity index is 942. The van der Waals surface area contributed by atoms with Gasteiger partial charge in [-0.15, -0.1) is 0 Å². The molecule has 1 N–H and O–H groups in total. The van der Waals surface area contributed by atoms with Crippen LogP contribution in [0.15, 0.2) is 18.3 Å². The maximum Gasteiger partial charge on any atom is 0.230 e. The van der Waals surface area contributed by atoms with E-state index in [2.05, 4.69) is 29.2 Å². The molecule has 0 unspecified atom stereocenters. The summed E-state index contributed by atoms with van der Waals surface area (Å²) in [6.45, 7) is 6.27. The Morgan fingerprint density at radius 3 is 2.68 bits per heavy atom. The molecule has 0 fully saturated rings. The summed E-state index contributed by atoms with van der Waals surface area (Å²) in [4.78, 5) is 20.7. The molecule has 0 bridgehead atoms. The molecular formula is C22H29N3O3. The number of hydrogen-bond donors (Lipinski definition) is 1. The monoisotopic (exact) mass is 383 g/mol. The number of H-pyrrole nitrogens is 1. The number of methoxy groups -OCH3 is 2. The van der Waals surface area contributed by atoms with Gasteiger partial charge in [-0.05, 0) is 38.5 Å². The molecule has 0 saturated carbocycles. The second-order valence-electron chi connectivity index (χ2n) is 7.62. The van der Waals surface area contributed by atoms with E-state index in [4.69, 9.17) is 9.47 Å². The molecule has 0 saturated heterocycles. The van der Waals surface area contributed by atoms with Gasteiger partial charge in [0.1, 0.15) is 0 Å². The van der Waals surface area contributed by atoms with Gasteiger partial charge in [0.15, 0.2) is 11.5 Å². The molecule has 2 aromatic rings. The van der Waals surface area contributed by atoms with Crippen molar-refractivity contribution in [3.05, 3.63) is 29.5 Å². The number of aromatic amines is 1. The van der Waals surface area contributed by atoms with Crippen molar-refractivity contribution in [1.29, 1.82) is 0 Å². The summed E-state index contributed by atoms with van der Waals surface area (Å²) in [5, 5.41) is 1.18. The lowest BCUT2D eigenvalue weighted by molar-refractivity contribution is -0.134. The highest BCUT2D eigenvalue weighted by atomic mass is 16.5. The van der Waals surface area contributed by atoms with Gasteiger partial charge >= 0.3 is 0 Å². The number of amides is 1. The largest absolute Gasteiger partial charge is 0.493 e. The molecule has 0 spiro atoms. The Kier molecular flexibility index (Phi) is 4.83. The van der Waals surface area contributed by atoms with Crippen molar-refractivity contribution in [2.24, 2.45) is 5.92 Å². The molecule has 4 rings (SSSR count). The number of benzene rings is 1. The number of carbonyl (C=O) groups excluding carboxylic acids is 1. The number of aromatic nitrogens is 1. The topological polar surface area (TPSA) is 57.8 Å². The summed E-state index contributed by atoms with van der Waals surface area (Å²) < 4.78 is 11.4. The highest BCUT2D eigenvalue weighted by molar-refractivity contribution is 6.03. The molecule has 150 valence electrons. The van der Waals surface area contributed by atoms with Gasteiger partial charge in [0, 0.05) is 48.9 Å². The highest BCUT2D eigenvalue weighted by Gasteiger charge is 2.38. The Labute approximate surface area is 166 Å². The number of likely N-dealkylation sites (N-methyl/N-ethyl adjacent to an activating group) is 1. The van der Waals surface area contributed by atoms with Crippen molar-refractivity contribution in [1.82, 2.24) is 14.8 Å². The van der Waals surface area contributed by atoms with E-state index in [1.54, 1.807) is 14.2 Å². The van der Waals surface area contributed by atoms with Crippen LogP contribution in [0.25, 0.3) is 16.5 Å². The maximum absolute atomic E-state index is 13.1. The maximum atomic E-state index is 13.1. The van der Waals surface area contributed by atoms with Gasteiger partial charge in [-0.1, -0.05) is 6.08 Å². The summed E-state index contributed by atoms with van der Waals surface area (Å²) in [6, 6.07) is 2.22. The van der Waals surface area contributed by atoms with Crippen LogP contribution in [-0.4, -0.2) is 67.6 Å². The first-order chi connectivity index (χ1) is 13.5. The molecule has 6 nitrogen and oxygen atoms in total. The molecule has 0 radical (unpaired) electrons. The lowest BCUT2D eigenvalue weighted by Crippen LogP contribution is -2.47. The van der Waals surface area contributed by atoms with Crippen molar-refractivity contribution < 1.29 is 14.3 Å². The molecule has 1 amide bonds. The van der Waals surface area contributed by atoms with Gasteiger partial charge in [0.25, 0.3) is 0 Å². The first-order valence-electron chi connectivity index (χ1n) is 9.99. The standard InChI is InChI=1S/C22H29N3O3/c1-6-25(7-2)22(26)14-8-15-17(24(3)12-14)9-13-11-23-16-10-18(27-4)21(28-5)20(15)19(13)16/h8,10-11,14,17,23H,6-7,9,12H2,1-5H3/t14-,17-/m1/s1.